The molecule has 1 atom stereocenters. The second kappa shape index (κ2) is 5.97. The molecule has 0 bridgehead atoms. The minimum Gasteiger partial charge on any atom is -0.428 e. The standard InChI is InChI=1S/C13H17F4NO2/c1-12(2,7-19)10(18)8-4-3-5-9(6-8)20-13(16,17)11(14)15/h3-6,10-11,19H,7,18H2,1-2H3/t10-/m0/s1. The van der Waals surface area contributed by atoms with Crippen LogP contribution < -0.4 is 10.5 Å². The van der Waals surface area contributed by atoms with Crippen LogP contribution in [0.5, 0.6) is 5.75 Å². The number of halogens is 4. The quantitative estimate of drug-likeness (QED) is 0.793. The summed E-state index contributed by atoms with van der Waals surface area (Å²) in [5.41, 5.74) is 5.64. The van der Waals surface area contributed by atoms with Crippen molar-refractivity contribution in [1.29, 1.82) is 0 Å². The van der Waals surface area contributed by atoms with E-state index in [9.17, 15) is 22.7 Å². The van der Waals surface area contributed by atoms with Crippen LogP contribution in [0.3, 0.4) is 0 Å². The Kier molecular flexibility index (Phi) is 4.99. The minimum absolute atomic E-state index is 0.216. The van der Waals surface area contributed by atoms with E-state index in [1.165, 1.54) is 12.1 Å². The molecule has 0 radical (unpaired) electrons. The first-order valence-corrected chi connectivity index (χ1v) is 5.91. The lowest BCUT2D eigenvalue weighted by Crippen LogP contribution is -2.34. The summed E-state index contributed by atoms with van der Waals surface area (Å²) < 4.78 is 53.8. The number of aliphatic hydroxyl groups is 1. The molecule has 0 aliphatic carbocycles. The summed E-state index contributed by atoms with van der Waals surface area (Å²) in [5.74, 6) is -0.406. The van der Waals surface area contributed by atoms with E-state index < -0.39 is 29.7 Å². The maximum atomic E-state index is 12.8. The lowest BCUT2D eigenvalue weighted by molar-refractivity contribution is -0.253. The molecule has 0 spiro atoms. The lowest BCUT2D eigenvalue weighted by Gasteiger charge is -2.30. The largest absolute Gasteiger partial charge is 0.461 e. The van der Waals surface area contributed by atoms with Gasteiger partial charge in [0.2, 0.25) is 0 Å². The second-order valence-corrected chi connectivity index (χ2v) is 5.16. The van der Waals surface area contributed by atoms with Gasteiger partial charge in [-0.2, -0.15) is 17.6 Å². The van der Waals surface area contributed by atoms with Gasteiger partial charge in [-0.25, -0.2) is 0 Å². The van der Waals surface area contributed by atoms with Crippen molar-refractivity contribution in [3.05, 3.63) is 29.8 Å². The zero-order valence-corrected chi connectivity index (χ0v) is 11.1. The van der Waals surface area contributed by atoms with Crippen LogP contribution in [0.2, 0.25) is 0 Å². The molecular formula is C13H17F4NO2. The number of alkyl halides is 4. The van der Waals surface area contributed by atoms with Crippen molar-refractivity contribution in [2.45, 2.75) is 32.4 Å². The molecule has 1 aromatic rings. The fourth-order valence-corrected chi connectivity index (χ4v) is 1.52. The van der Waals surface area contributed by atoms with Gasteiger partial charge in [0.25, 0.3) is 0 Å². The maximum Gasteiger partial charge on any atom is 0.461 e. The summed E-state index contributed by atoms with van der Waals surface area (Å²) in [6, 6.07) is 4.57. The van der Waals surface area contributed by atoms with Crippen molar-refractivity contribution >= 4 is 0 Å². The van der Waals surface area contributed by atoms with E-state index in [0.717, 1.165) is 6.07 Å². The number of ether oxygens (including phenoxy) is 1. The van der Waals surface area contributed by atoms with Crippen molar-refractivity contribution in [3.8, 4) is 5.75 Å². The van der Waals surface area contributed by atoms with Gasteiger partial charge in [0.1, 0.15) is 5.75 Å². The average Bonchev–Trinajstić information content (AvgIpc) is 2.37. The van der Waals surface area contributed by atoms with Crippen LogP contribution in [0.4, 0.5) is 17.6 Å². The molecule has 3 N–H and O–H groups in total. The zero-order chi connectivity index (χ0) is 15.6. The number of benzene rings is 1. The molecule has 3 nitrogen and oxygen atoms in total. The number of hydrogen-bond acceptors (Lipinski definition) is 3. The first kappa shape index (κ1) is 16.7. The fraction of sp³-hybridized carbons (Fsp3) is 0.538. The van der Waals surface area contributed by atoms with Gasteiger partial charge in [-0.05, 0) is 17.7 Å². The van der Waals surface area contributed by atoms with Crippen molar-refractivity contribution in [1.82, 2.24) is 0 Å². The first-order valence-electron chi connectivity index (χ1n) is 5.91. The van der Waals surface area contributed by atoms with Crippen LogP contribution in [0.1, 0.15) is 25.5 Å². The molecule has 1 aromatic carbocycles. The second-order valence-electron chi connectivity index (χ2n) is 5.16. The highest BCUT2D eigenvalue weighted by molar-refractivity contribution is 5.31. The Hall–Kier alpha value is -1.34. The van der Waals surface area contributed by atoms with E-state index in [1.54, 1.807) is 19.9 Å². The third-order valence-corrected chi connectivity index (χ3v) is 2.97. The minimum atomic E-state index is -4.56. The molecule has 0 fully saturated rings. The third kappa shape index (κ3) is 3.83. The summed E-state index contributed by atoms with van der Waals surface area (Å²) in [5, 5.41) is 9.22. The van der Waals surface area contributed by atoms with E-state index >= 15 is 0 Å². The maximum absolute atomic E-state index is 12.8. The van der Waals surface area contributed by atoms with Gasteiger partial charge < -0.3 is 15.6 Å². The molecule has 20 heavy (non-hydrogen) atoms. The van der Waals surface area contributed by atoms with Crippen molar-refractivity contribution in [3.63, 3.8) is 0 Å². The highest BCUT2D eigenvalue weighted by atomic mass is 19.3. The van der Waals surface area contributed by atoms with Crippen LogP contribution in [-0.2, 0) is 0 Å². The Labute approximate surface area is 114 Å². The molecule has 7 heteroatoms. The van der Waals surface area contributed by atoms with E-state index in [-0.39, 0.29) is 6.61 Å². The number of hydrogen-bond donors (Lipinski definition) is 2. The summed E-state index contributed by atoms with van der Waals surface area (Å²) in [4.78, 5) is 0. The van der Waals surface area contributed by atoms with Crippen LogP contribution >= 0.6 is 0 Å². The predicted octanol–water partition coefficient (Wildman–Crippen LogP) is 2.94. The van der Waals surface area contributed by atoms with E-state index in [0.29, 0.717) is 5.56 Å². The molecule has 0 aliphatic heterocycles. The van der Waals surface area contributed by atoms with Gasteiger partial charge in [0, 0.05) is 18.1 Å². The fourth-order valence-electron chi connectivity index (χ4n) is 1.52. The molecule has 0 saturated heterocycles. The van der Waals surface area contributed by atoms with Crippen molar-refractivity contribution < 1.29 is 27.4 Å². The SMILES string of the molecule is CC(C)(CO)[C@@H](N)c1cccc(OC(F)(F)C(F)F)c1. The number of rotatable bonds is 6. The van der Waals surface area contributed by atoms with E-state index in [2.05, 4.69) is 4.74 Å². The van der Waals surface area contributed by atoms with Crippen LogP contribution in [0, 0.1) is 5.41 Å². The van der Waals surface area contributed by atoms with Gasteiger partial charge >= 0.3 is 12.5 Å². The monoisotopic (exact) mass is 295 g/mol. The van der Waals surface area contributed by atoms with Crippen LogP contribution in [0.15, 0.2) is 24.3 Å². The molecule has 114 valence electrons. The average molecular weight is 295 g/mol. The van der Waals surface area contributed by atoms with E-state index in [1.807, 2.05) is 0 Å². The van der Waals surface area contributed by atoms with E-state index in [4.69, 9.17) is 5.73 Å². The lowest BCUT2D eigenvalue weighted by atomic mass is 9.82. The van der Waals surface area contributed by atoms with Crippen LogP contribution in [0.25, 0.3) is 0 Å². The highest BCUT2D eigenvalue weighted by Crippen LogP contribution is 2.34. The third-order valence-electron chi connectivity index (χ3n) is 2.97. The molecule has 0 saturated carbocycles. The Morgan fingerprint density at radius 3 is 2.40 bits per heavy atom. The molecule has 0 aliphatic rings. The molecular weight excluding hydrogens is 278 g/mol. The molecule has 0 aromatic heterocycles. The Morgan fingerprint density at radius 2 is 1.90 bits per heavy atom. The summed E-state index contributed by atoms with van der Waals surface area (Å²) in [6.45, 7) is 3.17. The van der Waals surface area contributed by atoms with Crippen molar-refractivity contribution in [2.75, 3.05) is 6.61 Å². The number of aliphatic hydroxyl groups excluding tert-OH is 1. The summed E-state index contributed by atoms with van der Waals surface area (Å²) in [7, 11) is 0. The van der Waals surface area contributed by atoms with Gasteiger partial charge in [0.15, 0.2) is 0 Å². The Morgan fingerprint density at radius 1 is 1.30 bits per heavy atom. The molecule has 0 heterocycles. The molecule has 1 rings (SSSR count). The zero-order valence-electron chi connectivity index (χ0n) is 11.1. The van der Waals surface area contributed by atoms with Crippen molar-refractivity contribution in [2.24, 2.45) is 11.1 Å². The number of nitrogens with two attached hydrogens (primary N) is 1. The van der Waals surface area contributed by atoms with Gasteiger partial charge in [-0.3, -0.25) is 0 Å². The van der Waals surface area contributed by atoms with Crippen LogP contribution in [-0.4, -0.2) is 24.2 Å². The predicted molar refractivity (Wildman–Crippen MR) is 65.8 cm³/mol. The normalized spacial score (nSPS) is 14.4. The first-order chi connectivity index (χ1) is 9.10. The Bertz CT molecular complexity index is 452. The summed E-state index contributed by atoms with van der Waals surface area (Å²) >= 11 is 0. The Balaban J connectivity index is 2.97. The van der Waals surface area contributed by atoms with Gasteiger partial charge in [0.05, 0.1) is 0 Å². The van der Waals surface area contributed by atoms with Gasteiger partial charge in [-0.1, -0.05) is 26.0 Å². The smallest absolute Gasteiger partial charge is 0.428 e. The summed E-state index contributed by atoms with van der Waals surface area (Å²) in [6.07, 6.45) is -8.48. The topological polar surface area (TPSA) is 55.5 Å². The molecule has 0 unspecified atom stereocenters. The highest BCUT2D eigenvalue weighted by Gasteiger charge is 2.44. The van der Waals surface area contributed by atoms with Gasteiger partial charge in [-0.15, -0.1) is 0 Å². The molecule has 0 amide bonds.